The number of hydrogen-bond donors (Lipinski definition) is 3. The van der Waals surface area contributed by atoms with Crippen LogP contribution < -0.4 is 16.0 Å². The quantitative estimate of drug-likeness (QED) is 0.674. The van der Waals surface area contributed by atoms with Crippen molar-refractivity contribution in [3.8, 4) is 0 Å². The summed E-state index contributed by atoms with van der Waals surface area (Å²) in [6.45, 7) is 4.56. The molecular weight excluding hydrogens is 382 g/mol. The SMILES string of the molecule is Cc1cccc([C@H](C)NC2NC(=O)N(C3CCN(S(C)(=O)=O)CC3)C(=O)N2)c1. The van der Waals surface area contributed by atoms with Crippen LogP contribution in [0, 0.1) is 6.92 Å². The molecule has 1 aromatic rings. The Kier molecular flexibility index (Phi) is 5.92. The Morgan fingerprint density at radius 3 is 2.29 bits per heavy atom. The van der Waals surface area contributed by atoms with Crippen LogP contribution >= 0.6 is 0 Å². The lowest BCUT2D eigenvalue weighted by molar-refractivity contribution is 0.125. The first-order valence-electron chi connectivity index (χ1n) is 9.33. The third kappa shape index (κ3) is 4.62. The fourth-order valence-electron chi connectivity index (χ4n) is 3.65. The highest BCUT2D eigenvalue weighted by Crippen LogP contribution is 2.20. The Morgan fingerprint density at radius 1 is 1.14 bits per heavy atom. The number of rotatable bonds is 5. The lowest BCUT2D eigenvalue weighted by atomic mass is 10.1. The van der Waals surface area contributed by atoms with Crippen molar-refractivity contribution in [1.29, 1.82) is 0 Å². The normalized spacial score (nSPS) is 21.3. The van der Waals surface area contributed by atoms with E-state index in [0.29, 0.717) is 25.9 Å². The van der Waals surface area contributed by atoms with Crippen LogP contribution in [0.5, 0.6) is 0 Å². The first-order chi connectivity index (χ1) is 13.1. The highest BCUT2D eigenvalue weighted by Gasteiger charge is 2.39. The Morgan fingerprint density at radius 2 is 1.75 bits per heavy atom. The monoisotopic (exact) mass is 409 g/mol. The number of aryl methyl sites for hydroxylation is 1. The number of imide groups is 1. The van der Waals surface area contributed by atoms with E-state index in [1.54, 1.807) is 0 Å². The zero-order chi connectivity index (χ0) is 20.5. The molecular formula is C18H27N5O4S. The molecule has 0 aromatic heterocycles. The molecule has 154 valence electrons. The standard InChI is InChI=1S/C18H27N5O4S/c1-12-5-4-6-14(11-12)13(2)19-16-20-17(24)23(18(25)21-16)15-7-9-22(10-8-15)28(3,26)27/h4-6,11,13,15-16,19H,7-10H2,1-3H3,(H,20,24)(H,21,25)/t13-/m0/s1. The van der Waals surface area contributed by atoms with Gasteiger partial charge in [-0.2, -0.15) is 0 Å². The van der Waals surface area contributed by atoms with Crippen molar-refractivity contribution in [2.75, 3.05) is 19.3 Å². The predicted molar refractivity (Wildman–Crippen MR) is 105 cm³/mol. The number of benzene rings is 1. The molecule has 2 heterocycles. The van der Waals surface area contributed by atoms with Gasteiger partial charge in [-0.05, 0) is 32.3 Å². The van der Waals surface area contributed by atoms with Crippen molar-refractivity contribution in [2.24, 2.45) is 0 Å². The van der Waals surface area contributed by atoms with Gasteiger partial charge in [0.05, 0.1) is 6.26 Å². The van der Waals surface area contributed by atoms with Crippen molar-refractivity contribution >= 4 is 22.1 Å². The summed E-state index contributed by atoms with van der Waals surface area (Å²) in [6, 6.07) is 6.65. The molecule has 0 aliphatic carbocycles. The Labute approximate surface area is 165 Å². The number of sulfonamides is 1. The molecule has 2 fully saturated rings. The van der Waals surface area contributed by atoms with Crippen molar-refractivity contribution in [1.82, 2.24) is 25.2 Å². The summed E-state index contributed by atoms with van der Waals surface area (Å²) in [5, 5.41) is 8.72. The van der Waals surface area contributed by atoms with E-state index >= 15 is 0 Å². The first kappa shape index (κ1) is 20.6. The van der Waals surface area contributed by atoms with Gasteiger partial charge < -0.3 is 10.6 Å². The predicted octanol–water partition coefficient (Wildman–Crippen LogP) is 1.09. The molecule has 28 heavy (non-hydrogen) atoms. The highest BCUT2D eigenvalue weighted by molar-refractivity contribution is 7.88. The van der Waals surface area contributed by atoms with Gasteiger partial charge >= 0.3 is 12.1 Å². The highest BCUT2D eigenvalue weighted by atomic mass is 32.2. The second-order valence-corrected chi connectivity index (χ2v) is 9.38. The zero-order valence-corrected chi connectivity index (χ0v) is 17.1. The summed E-state index contributed by atoms with van der Waals surface area (Å²) < 4.78 is 24.6. The molecule has 0 radical (unpaired) electrons. The van der Waals surface area contributed by atoms with Crippen LogP contribution in [0.15, 0.2) is 24.3 Å². The summed E-state index contributed by atoms with van der Waals surface area (Å²) >= 11 is 0. The minimum atomic E-state index is -3.26. The molecule has 1 atom stereocenters. The molecule has 2 saturated heterocycles. The summed E-state index contributed by atoms with van der Waals surface area (Å²) in [4.78, 5) is 26.3. The van der Waals surface area contributed by atoms with E-state index in [4.69, 9.17) is 0 Å². The van der Waals surface area contributed by atoms with Crippen molar-refractivity contribution in [2.45, 2.75) is 45.1 Å². The minimum Gasteiger partial charge on any atom is -0.304 e. The first-order valence-corrected chi connectivity index (χ1v) is 11.2. The van der Waals surface area contributed by atoms with Crippen LogP contribution in [0.1, 0.15) is 36.9 Å². The number of urea groups is 2. The number of hydrogen-bond acceptors (Lipinski definition) is 5. The number of carbonyl (C=O) groups excluding carboxylic acids is 2. The molecule has 4 amide bonds. The van der Waals surface area contributed by atoms with E-state index in [2.05, 4.69) is 16.0 Å². The minimum absolute atomic E-state index is 0.0740. The number of nitrogens with zero attached hydrogens (tertiary/aromatic N) is 2. The molecule has 3 rings (SSSR count). The van der Waals surface area contributed by atoms with E-state index < -0.39 is 28.4 Å². The molecule has 3 N–H and O–H groups in total. The summed E-state index contributed by atoms with van der Waals surface area (Å²) in [6.07, 6.45) is 1.33. The largest absolute Gasteiger partial charge is 0.328 e. The fraction of sp³-hybridized carbons (Fsp3) is 0.556. The average molecular weight is 410 g/mol. The van der Waals surface area contributed by atoms with Crippen LogP contribution in [-0.2, 0) is 10.0 Å². The molecule has 0 bridgehead atoms. The van der Waals surface area contributed by atoms with Gasteiger partial charge in [0, 0.05) is 25.2 Å². The molecule has 0 spiro atoms. The average Bonchev–Trinajstić information content (AvgIpc) is 2.61. The number of amides is 4. The molecule has 0 unspecified atom stereocenters. The maximum absolute atomic E-state index is 12.5. The van der Waals surface area contributed by atoms with E-state index in [0.717, 1.165) is 16.0 Å². The van der Waals surface area contributed by atoms with Crippen LogP contribution in [0.3, 0.4) is 0 Å². The summed E-state index contributed by atoms with van der Waals surface area (Å²) in [5.41, 5.74) is 2.19. The number of carbonyl (C=O) groups is 2. The van der Waals surface area contributed by atoms with E-state index in [9.17, 15) is 18.0 Å². The van der Waals surface area contributed by atoms with Gasteiger partial charge in [-0.3, -0.25) is 5.32 Å². The lowest BCUT2D eigenvalue weighted by Gasteiger charge is -2.40. The Hall–Kier alpha value is -2.17. The fourth-order valence-corrected chi connectivity index (χ4v) is 4.52. The molecule has 2 aliphatic heterocycles. The maximum atomic E-state index is 12.5. The van der Waals surface area contributed by atoms with Crippen molar-refractivity contribution < 1.29 is 18.0 Å². The third-order valence-corrected chi connectivity index (χ3v) is 6.49. The van der Waals surface area contributed by atoms with Gasteiger partial charge in [0.2, 0.25) is 10.0 Å². The van der Waals surface area contributed by atoms with Gasteiger partial charge in [-0.25, -0.2) is 27.2 Å². The van der Waals surface area contributed by atoms with Crippen LogP contribution in [0.2, 0.25) is 0 Å². The van der Waals surface area contributed by atoms with Gasteiger partial charge in [0.15, 0.2) is 6.29 Å². The second kappa shape index (κ2) is 8.06. The summed E-state index contributed by atoms with van der Waals surface area (Å²) in [5.74, 6) is 0. The molecule has 1 aromatic carbocycles. The van der Waals surface area contributed by atoms with Gasteiger partial charge in [0.25, 0.3) is 0 Å². The number of piperidine rings is 1. The molecule has 0 saturated carbocycles. The van der Waals surface area contributed by atoms with Gasteiger partial charge in [-0.15, -0.1) is 0 Å². The Bertz CT molecular complexity index is 833. The van der Waals surface area contributed by atoms with Crippen LogP contribution in [0.4, 0.5) is 9.59 Å². The van der Waals surface area contributed by atoms with Crippen LogP contribution in [0.25, 0.3) is 0 Å². The topological polar surface area (TPSA) is 111 Å². The smallest absolute Gasteiger partial charge is 0.304 e. The van der Waals surface area contributed by atoms with Gasteiger partial charge in [-0.1, -0.05) is 29.8 Å². The summed E-state index contributed by atoms with van der Waals surface area (Å²) in [7, 11) is -3.26. The van der Waals surface area contributed by atoms with E-state index in [-0.39, 0.29) is 12.1 Å². The molecule has 10 heteroatoms. The van der Waals surface area contributed by atoms with Gasteiger partial charge in [0.1, 0.15) is 0 Å². The third-order valence-electron chi connectivity index (χ3n) is 5.19. The molecule has 9 nitrogen and oxygen atoms in total. The second-order valence-electron chi connectivity index (χ2n) is 7.40. The van der Waals surface area contributed by atoms with Crippen molar-refractivity contribution in [3.63, 3.8) is 0 Å². The van der Waals surface area contributed by atoms with Crippen molar-refractivity contribution in [3.05, 3.63) is 35.4 Å². The number of nitrogens with one attached hydrogen (secondary N) is 3. The Balaban J connectivity index is 1.59. The van der Waals surface area contributed by atoms with E-state index in [1.807, 2.05) is 38.1 Å². The van der Waals surface area contributed by atoms with E-state index in [1.165, 1.54) is 10.6 Å². The lowest BCUT2D eigenvalue weighted by Crippen LogP contribution is -2.70. The van der Waals surface area contributed by atoms with Crippen LogP contribution in [-0.4, -0.2) is 61.4 Å². The zero-order valence-electron chi connectivity index (χ0n) is 16.3. The molecule has 2 aliphatic rings. The maximum Gasteiger partial charge on any atom is 0.328 e.